The second-order valence-corrected chi connectivity index (χ2v) is 16.3. The molecule has 2 aliphatic heterocycles. The summed E-state index contributed by atoms with van der Waals surface area (Å²) in [5.41, 5.74) is 10.2. The van der Waals surface area contributed by atoms with Crippen molar-refractivity contribution in [3.05, 3.63) is 47.7 Å². The minimum Gasteiger partial charge on any atom is -0.497 e. The van der Waals surface area contributed by atoms with Crippen molar-refractivity contribution in [2.75, 3.05) is 50.1 Å². The van der Waals surface area contributed by atoms with E-state index in [4.69, 9.17) is 15.2 Å². The molecule has 1 saturated carbocycles. The number of rotatable bonds is 9. The molecule has 3 heterocycles. The Morgan fingerprint density at radius 3 is 2.44 bits per heavy atom. The van der Waals surface area contributed by atoms with E-state index in [2.05, 4.69) is 24.5 Å². The largest absolute Gasteiger partial charge is 0.497 e. The predicted octanol–water partition coefficient (Wildman–Crippen LogP) is 4.21. The molecule has 258 valence electrons. The van der Waals surface area contributed by atoms with Gasteiger partial charge >= 0.3 is 6.09 Å². The van der Waals surface area contributed by atoms with Crippen molar-refractivity contribution in [1.82, 2.24) is 14.8 Å². The average Bonchev–Trinajstić information content (AvgIpc) is 3.35. The highest BCUT2D eigenvalue weighted by atomic mass is 32.2. The number of benzene rings is 2. The number of methoxy groups -OCH3 is 1. The van der Waals surface area contributed by atoms with E-state index in [-0.39, 0.29) is 35.0 Å². The van der Waals surface area contributed by atoms with Gasteiger partial charge in [0.25, 0.3) is 5.91 Å². The minimum atomic E-state index is -2.94. The number of carbonyl (C=O) groups excluding carboxylic acids is 3. The van der Waals surface area contributed by atoms with Crippen molar-refractivity contribution in [1.29, 1.82) is 0 Å². The van der Waals surface area contributed by atoms with Gasteiger partial charge in [-0.3, -0.25) is 19.1 Å². The number of nitrogens with one attached hydrogen (secondary N) is 2. The number of nitrogens with zero attached hydrogens (tertiary/aromatic N) is 2. The first kappa shape index (κ1) is 33.8. The normalized spacial score (nSPS) is 22.1. The molecule has 1 saturated heterocycles. The van der Waals surface area contributed by atoms with Gasteiger partial charge in [0.15, 0.2) is 9.84 Å². The van der Waals surface area contributed by atoms with Crippen LogP contribution in [0.2, 0.25) is 0 Å². The zero-order valence-corrected chi connectivity index (χ0v) is 28.7. The maximum Gasteiger partial charge on any atom is 0.407 e. The molecule has 0 spiro atoms. The van der Waals surface area contributed by atoms with Crippen LogP contribution >= 0.6 is 0 Å². The average molecular weight is 680 g/mol. The first-order valence-electron chi connectivity index (χ1n) is 16.6. The van der Waals surface area contributed by atoms with E-state index in [9.17, 15) is 22.8 Å². The molecule has 2 amide bonds. The van der Waals surface area contributed by atoms with Crippen molar-refractivity contribution in [3.63, 3.8) is 0 Å². The molecule has 12 nitrogen and oxygen atoms in total. The van der Waals surface area contributed by atoms with Crippen LogP contribution < -0.4 is 21.1 Å². The first-order valence-corrected chi connectivity index (χ1v) is 18.5. The van der Waals surface area contributed by atoms with Crippen LogP contribution in [0.15, 0.2) is 36.4 Å². The molecule has 3 aliphatic rings. The summed E-state index contributed by atoms with van der Waals surface area (Å²) in [6.45, 7) is 6.14. The lowest BCUT2D eigenvalue weighted by atomic mass is 9.80. The van der Waals surface area contributed by atoms with E-state index in [1.54, 1.807) is 13.2 Å². The Kier molecular flexibility index (Phi) is 9.45. The fourth-order valence-electron chi connectivity index (χ4n) is 7.29. The van der Waals surface area contributed by atoms with Gasteiger partial charge in [0.1, 0.15) is 11.9 Å². The highest BCUT2D eigenvalue weighted by Gasteiger charge is 2.35. The molecular formula is C35H45N5O7S. The van der Waals surface area contributed by atoms with Crippen LogP contribution in [0.25, 0.3) is 22.0 Å². The molecule has 48 heavy (non-hydrogen) atoms. The van der Waals surface area contributed by atoms with Crippen molar-refractivity contribution in [2.45, 2.75) is 64.5 Å². The smallest absolute Gasteiger partial charge is 0.407 e. The lowest BCUT2D eigenvalue weighted by molar-refractivity contribution is 0.0725. The van der Waals surface area contributed by atoms with E-state index in [1.807, 2.05) is 39.8 Å². The van der Waals surface area contributed by atoms with E-state index < -0.39 is 21.8 Å². The summed E-state index contributed by atoms with van der Waals surface area (Å²) in [5.74, 6) is 0.493. The van der Waals surface area contributed by atoms with Crippen molar-refractivity contribution in [2.24, 2.45) is 11.1 Å². The van der Waals surface area contributed by atoms with Crippen molar-refractivity contribution < 1.29 is 32.3 Å². The number of hydrogen-bond acceptors (Lipinski definition) is 9. The number of amides is 2. The van der Waals surface area contributed by atoms with Gasteiger partial charge < -0.3 is 25.8 Å². The summed E-state index contributed by atoms with van der Waals surface area (Å²) in [5, 5.41) is 7.28. The Morgan fingerprint density at radius 1 is 1.02 bits per heavy atom. The lowest BCUT2D eigenvalue weighted by Gasteiger charge is -2.31. The van der Waals surface area contributed by atoms with E-state index in [0.717, 1.165) is 40.6 Å². The predicted molar refractivity (Wildman–Crippen MR) is 184 cm³/mol. The molecule has 0 radical (unpaired) electrons. The zero-order chi connectivity index (χ0) is 34.2. The maximum absolute atomic E-state index is 13.5. The lowest BCUT2D eigenvalue weighted by Crippen LogP contribution is -2.44. The molecule has 13 heteroatoms. The molecule has 4 N–H and O–H groups in total. The Labute approximate surface area is 281 Å². The SMILES string of the molecule is COc1ccc2c(-c3ccc(C(N)=O)c(NC4CCC(OC(=O)NCCN5CCS(=O)(=O)CC5)CC4)c3)c3n(c2c1)C(=O)CC(C)(C)C3. The Balaban J connectivity index is 1.14. The van der Waals surface area contributed by atoms with Gasteiger partial charge in [0.05, 0.1) is 29.7 Å². The summed E-state index contributed by atoms with van der Waals surface area (Å²) in [4.78, 5) is 40.4. The van der Waals surface area contributed by atoms with Gasteiger partial charge in [-0.25, -0.2) is 13.2 Å². The van der Waals surface area contributed by atoms with E-state index >= 15 is 0 Å². The first-order chi connectivity index (χ1) is 22.8. The Hall–Kier alpha value is -4.10. The van der Waals surface area contributed by atoms with Crippen LogP contribution in [-0.2, 0) is 21.0 Å². The monoisotopic (exact) mass is 679 g/mol. The quantitative estimate of drug-likeness (QED) is 0.301. The number of hydrogen-bond donors (Lipinski definition) is 3. The van der Waals surface area contributed by atoms with Gasteiger partial charge in [-0.1, -0.05) is 19.9 Å². The number of fused-ring (bicyclic) bond motifs is 3. The van der Waals surface area contributed by atoms with Crippen LogP contribution in [0, 0.1) is 5.41 Å². The molecule has 2 fully saturated rings. The second kappa shape index (κ2) is 13.4. The Bertz CT molecular complexity index is 1830. The van der Waals surface area contributed by atoms with Crippen LogP contribution in [0.4, 0.5) is 10.5 Å². The van der Waals surface area contributed by atoms with Crippen molar-refractivity contribution >= 4 is 44.3 Å². The van der Waals surface area contributed by atoms with Gasteiger partial charge in [-0.05, 0) is 67.3 Å². The summed E-state index contributed by atoms with van der Waals surface area (Å²) >= 11 is 0. The van der Waals surface area contributed by atoms with E-state index in [0.29, 0.717) is 68.9 Å². The number of nitrogens with two attached hydrogens (primary N) is 1. The molecular weight excluding hydrogens is 634 g/mol. The maximum atomic E-state index is 13.5. The summed E-state index contributed by atoms with van der Waals surface area (Å²) in [6, 6.07) is 11.4. The van der Waals surface area contributed by atoms with Gasteiger partial charge in [-0.2, -0.15) is 0 Å². The molecule has 0 atom stereocenters. The van der Waals surface area contributed by atoms with Gasteiger partial charge in [0.2, 0.25) is 5.91 Å². The molecule has 3 aromatic rings. The molecule has 2 aromatic carbocycles. The molecule has 0 bridgehead atoms. The van der Waals surface area contributed by atoms with Gasteiger partial charge in [0, 0.05) is 67.0 Å². The Morgan fingerprint density at radius 2 is 1.75 bits per heavy atom. The number of ether oxygens (including phenoxy) is 2. The number of anilines is 1. The fourth-order valence-corrected chi connectivity index (χ4v) is 8.56. The number of alkyl carbamates (subject to hydrolysis) is 1. The molecule has 1 aliphatic carbocycles. The molecule has 1 aromatic heterocycles. The van der Waals surface area contributed by atoms with Crippen LogP contribution in [0.3, 0.4) is 0 Å². The fraction of sp³-hybridized carbons (Fsp3) is 0.514. The van der Waals surface area contributed by atoms with E-state index in [1.165, 1.54) is 0 Å². The van der Waals surface area contributed by atoms with Crippen LogP contribution in [0.5, 0.6) is 5.75 Å². The van der Waals surface area contributed by atoms with Gasteiger partial charge in [-0.15, -0.1) is 0 Å². The summed E-state index contributed by atoms with van der Waals surface area (Å²) < 4.78 is 36.2. The summed E-state index contributed by atoms with van der Waals surface area (Å²) in [7, 11) is -1.33. The third-order valence-electron chi connectivity index (χ3n) is 9.81. The number of primary amides is 1. The topological polar surface area (TPSA) is 162 Å². The second-order valence-electron chi connectivity index (χ2n) is 14.0. The van der Waals surface area contributed by atoms with Crippen LogP contribution in [0.1, 0.15) is 66.8 Å². The number of aromatic nitrogens is 1. The summed E-state index contributed by atoms with van der Waals surface area (Å²) in [6.07, 6.45) is 3.25. The van der Waals surface area contributed by atoms with Crippen LogP contribution in [-0.4, -0.2) is 92.7 Å². The number of sulfone groups is 1. The zero-order valence-electron chi connectivity index (χ0n) is 27.8. The molecule has 6 rings (SSSR count). The molecule has 0 unspecified atom stereocenters. The third-order valence-corrected chi connectivity index (χ3v) is 11.4. The third kappa shape index (κ3) is 7.31. The highest BCUT2D eigenvalue weighted by molar-refractivity contribution is 7.91. The van der Waals surface area contributed by atoms with Crippen molar-refractivity contribution in [3.8, 4) is 16.9 Å². The standard InChI is InChI=1S/C35H45N5O7S/c1-35(2)20-30-32(27-11-9-25(46-3)19-29(27)40(30)31(41)21-35)22-4-10-26(33(36)42)28(18-22)38-23-5-7-24(8-6-23)47-34(43)37-12-13-39-14-16-48(44,45)17-15-39/h4,9-11,18-19,23-24,38H,5-8,12-17,20-21H2,1-3H3,(H2,36,42)(H,37,43). The minimum absolute atomic E-state index is 0.0427. The highest BCUT2D eigenvalue weighted by Crippen LogP contribution is 2.44. The number of carbonyl (C=O) groups is 3.